The van der Waals surface area contributed by atoms with Crippen LogP contribution in [0.1, 0.15) is 0 Å². The van der Waals surface area contributed by atoms with E-state index in [-0.39, 0.29) is 0 Å². The molecule has 0 aliphatic rings. The van der Waals surface area contributed by atoms with Crippen LogP contribution in [0.4, 0.5) is 5.82 Å². The van der Waals surface area contributed by atoms with E-state index in [4.69, 9.17) is 0 Å². The number of hydrogen-bond acceptors (Lipinski definition) is 3. The Morgan fingerprint density at radius 3 is 2.19 bits per heavy atom. The van der Waals surface area contributed by atoms with Gasteiger partial charge in [-0.15, -0.1) is 10.2 Å². The second kappa shape index (κ2) is 4.42. The van der Waals surface area contributed by atoms with Crippen LogP contribution in [-0.4, -0.2) is 24.3 Å². The van der Waals surface area contributed by atoms with Crippen molar-refractivity contribution in [3.05, 3.63) is 54.6 Å². The Bertz CT molecular complexity index is 974. The molecule has 0 amide bonds. The third-order valence-corrected chi connectivity index (χ3v) is 3.88. The molecular weight excluding hydrogens is 258 g/mol. The largest absolute Gasteiger partial charge is 0.361 e. The molecule has 0 unspecified atom stereocenters. The minimum absolute atomic E-state index is 0.877. The maximum Gasteiger partial charge on any atom is 0.151 e. The van der Waals surface area contributed by atoms with Crippen molar-refractivity contribution < 1.29 is 0 Å². The van der Waals surface area contributed by atoms with Crippen LogP contribution in [0.5, 0.6) is 0 Å². The normalized spacial score (nSPS) is 11.3. The molecule has 4 rings (SSSR count). The molecule has 3 heteroatoms. The van der Waals surface area contributed by atoms with Gasteiger partial charge in [-0.05, 0) is 34.4 Å². The zero-order chi connectivity index (χ0) is 14.4. The Balaban J connectivity index is 2.10. The number of benzene rings is 3. The van der Waals surface area contributed by atoms with Crippen LogP contribution in [0, 0.1) is 0 Å². The first-order valence-corrected chi connectivity index (χ1v) is 6.99. The van der Waals surface area contributed by atoms with Gasteiger partial charge in [0.2, 0.25) is 0 Å². The van der Waals surface area contributed by atoms with Gasteiger partial charge in [0.15, 0.2) is 5.82 Å². The fourth-order valence-corrected chi connectivity index (χ4v) is 2.73. The molecule has 0 spiro atoms. The van der Waals surface area contributed by atoms with Gasteiger partial charge in [0, 0.05) is 24.9 Å². The summed E-state index contributed by atoms with van der Waals surface area (Å²) in [6.07, 6.45) is 0. The van der Waals surface area contributed by atoms with Crippen LogP contribution in [0.15, 0.2) is 54.6 Å². The first kappa shape index (κ1) is 12.1. The summed E-state index contributed by atoms with van der Waals surface area (Å²) in [5, 5.41) is 14.7. The highest BCUT2D eigenvalue weighted by atomic mass is 15.2. The SMILES string of the molecule is CN(C)c1cc2ccc3cc4ccccc4cc3c2nn1. The molecule has 0 bridgehead atoms. The highest BCUT2D eigenvalue weighted by Gasteiger charge is 2.06. The topological polar surface area (TPSA) is 29.0 Å². The number of rotatable bonds is 1. The minimum atomic E-state index is 0.877. The predicted octanol–water partition coefficient (Wildman–Crippen LogP) is 4.00. The molecule has 3 nitrogen and oxygen atoms in total. The molecule has 4 aromatic rings. The van der Waals surface area contributed by atoms with E-state index < -0.39 is 0 Å². The average molecular weight is 273 g/mol. The third-order valence-electron chi connectivity index (χ3n) is 3.88. The van der Waals surface area contributed by atoms with E-state index in [1.807, 2.05) is 19.0 Å². The van der Waals surface area contributed by atoms with Crippen molar-refractivity contribution >= 4 is 38.3 Å². The number of hydrogen-bond donors (Lipinski definition) is 0. The summed E-state index contributed by atoms with van der Waals surface area (Å²) in [6.45, 7) is 0. The maximum absolute atomic E-state index is 4.45. The Morgan fingerprint density at radius 1 is 0.714 bits per heavy atom. The fourth-order valence-electron chi connectivity index (χ4n) is 2.73. The van der Waals surface area contributed by atoms with Gasteiger partial charge in [-0.2, -0.15) is 0 Å². The third kappa shape index (κ3) is 1.89. The molecule has 21 heavy (non-hydrogen) atoms. The predicted molar refractivity (Wildman–Crippen MR) is 88.9 cm³/mol. The Hall–Kier alpha value is -2.68. The van der Waals surface area contributed by atoms with E-state index in [1.54, 1.807) is 0 Å². The van der Waals surface area contributed by atoms with Crippen LogP contribution < -0.4 is 4.90 Å². The molecule has 0 aliphatic carbocycles. The van der Waals surface area contributed by atoms with Gasteiger partial charge in [0.25, 0.3) is 0 Å². The molecule has 0 saturated carbocycles. The van der Waals surface area contributed by atoms with E-state index in [2.05, 4.69) is 64.8 Å². The molecular formula is C18H15N3. The monoisotopic (exact) mass is 273 g/mol. The van der Waals surface area contributed by atoms with Crippen molar-refractivity contribution in [2.75, 3.05) is 19.0 Å². The number of nitrogens with zero attached hydrogens (tertiary/aromatic N) is 3. The zero-order valence-electron chi connectivity index (χ0n) is 12.0. The lowest BCUT2D eigenvalue weighted by molar-refractivity contribution is 0.992. The summed E-state index contributed by atoms with van der Waals surface area (Å²) in [5.41, 5.74) is 0.962. The van der Waals surface area contributed by atoms with Crippen molar-refractivity contribution in [3.63, 3.8) is 0 Å². The molecule has 0 aliphatic heterocycles. The summed E-state index contributed by atoms with van der Waals surface area (Å²) in [6, 6.07) is 19.2. The molecule has 1 heterocycles. The molecule has 3 aromatic carbocycles. The zero-order valence-corrected chi connectivity index (χ0v) is 12.0. The fraction of sp³-hybridized carbons (Fsp3) is 0.111. The number of aromatic nitrogens is 2. The Kier molecular flexibility index (Phi) is 2.54. The molecule has 0 fully saturated rings. The van der Waals surface area contributed by atoms with Gasteiger partial charge >= 0.3 is 0 Å². The van der Waals surface area contributed by atoms with E-state index in [9.17, 15) is 0 Å². The Labute approximate surface area is 122 Å². The smallest absolute Gasteiger partial charge is 0.151 e. The second-order valence-electron chi connectivity index (χ2n) is 5.52. The van der Waals surface area contributed by atoms with E-state index >= 15 is 0 Å². The van der Waals surface area contributed by atoms with Crippen molar-refractivity contribution in [2.45, 2.75) is 0 Å². The van der Waals surface area contributed by atoms with E-state index in [0.29, 0.717) is 0 Å². The molecule has 0 radical (unpaired) electrons. The summed E-state index contributed by atoms with van der Waals surface area (Å²) in [5.74, 6) is 0.877. The summed E-state index contributed by atoms with van der Waals surface area (Å²) < 4.78 is 0. The standard InChI is InChI=1S/C18H15N3/c1-21(2)17-11-15-8-7-14-9-12-5-3-4-6-13(12)10-16(14)18(15)20-19-17/h3-11H,1-2H3. The first-order valence-electron chi connectivity index (χ1n) is 6.99. The van der Waals surface area contributed by atoms with Gasteiger partial charge in [0.05, 0.1) is 0 Å². The van der Waals surface area contributed by atoms with Gasteiger partial charge in [-0.25, -0.2) is 0 Å². The van der Waals surface area contributed by atoms with E-state index in [1.165, 1.54) is 16.2 Å². The summed E-state index contributed by atoms with van der Waals surface area (Å²) in [4.78, 5) is 1.97. The lowest BCUT2D eigenvalue weighted by Gasteiger charge is -2.11. The molecule has 1 aromatic heterocycles. The molecule has 0 saturated heterocycles. The number of anilines is 1. The van der Waals surface area contributed by atoms with Crippen LogP contribution in [-0.2, 0) is 0 Å². The van der Waals surface area contributed by atoms with Gasteiger partial charge in [-0.3, -0.25) is 0 Å². The quantitative estimate of drug-likeness (QED) is 0.388. The van der Waals surface area contributed by atoms with E-state index in [0.717, 1.165) is 22.1 Å². The summed E-state index contributed by atoms with van der Waals surface area (Å²) >= 11 is 0. The highest BCUT2D eigenvalue weighted by molar-refractivity contribution is 6.10. The van der Waals surface area contributed by atoms with Crippen LogP contribution in [0.3, 0.4) is 0 Å². The van der Waals surface area contributed by atoms with Crippen molar-refractivity contribution in [1.82, 2.24) is 10.2 Å². The average Bonchev–Trinajstić information content (AvgIpc) is 2.52. The van der Waals surface area contributed by atoms with Crippen molar-refractivity contribution in [3.8, 4) is 0 Å². The van der Waals surface area contributed by atoms with Gasteiger partial charge < -0.3 is 4.90 Å². The first-order chi connectivity index (χ1) is 10.2. The Morgan fingerprint density at radius 2 is 1.43 bits per heavy atom. The maximum atomic E-state index is 4.45. The van der Waals surface area contributed by atoms with Gasteiger partial charge in [-0.1, -0.05) is 36.4 Å². The van der Waals surface area contributed by atoms with Crippen LogP contribution >= 0.6 is 0 Å². The van der Waals surface area contributed by atoms with Crippen molar-refractivity contribution in [1.29, 1.82) is 0 Å². The number of fused-ring (bicyclic) bond motifs is 4. The lowest BCUT2D eigenvalue weighted by atomic mass is 10.0. The van der Waals surface area contributed by atoms with Crippen LogP contribution in [0.25, 0.3) is 32.4 Å². The molecule has 0 atom stereocenters. The van der Waals surface area contributed by atoms with Crippen LogP contribution in [0.2, 0.25) is 0 Å². The highest BCUT2D eigenvalue weighted by Crippen LogP contribution is 2.29. The second-order valence-corrected chi connectivity index (χ2v) is 5.52. The summed E-state index contributed by atoms with van der Waals surface area (Å²) in [7, 11) is 3.95. The lowest BCUT2D eigenvalue weighted by Crippen LogP contribution is -2.11. The minimum Gasteiger partial charge on any atom is -0.361 e. The molecule has 0 N–H and O–H groups in total. The van der Waals surface area contributed by atoms with Gasteiger partial charge in [0.1, 0.15) is 5.52 Å². The van der Waals surface area contributed by atoms with Crippen molar-refractivity contribution in [2.24, 2.45) is 0 Å². The molecule has 102 valence electrons.